The number of nitrogens with zero attached hydrogens (tertiary/aromatic N) is 1. The van der Waals surface area contributed by atoms with Gasteiger partial charge in [-0.3, -0.25) is 4.79 Å². The molecule has 0 aromatic heterocycles. The van der Waals surface area contributed by atoms with Gasteiger partial charge in [0.1, 0.15) is 17.2 Å². The van der Waals surface area contributed by atoms with Gasteiger partial charge < -0.3 is 9.47 Å². The van der Waals surface area contributed by atoms with Crippen LogP contribution in [0.25, 0.3) is 0 Å². The fourth-order valence-corrected chi connectivity index (χ4v) is 3.95. The number of ether oxygens (including phenoxy) is 2. The van der Waals surface area contributed by atoms with Crippen LogP contribution in [0.5, 0.6) is 11.5 Å². The molecule has 0 saturated carbocycles. The van der Waals surface area contributed by atoms with Crippen LogP contribution in [0.1, 0.15) is 33.0 Å². The molecule has 0 spiro atoms. The Hall–Kier alpha value is -3.32. The maximum absolute atomic E-state index is 13.2. The Morgan fingerprint density at radius 1 is 0.906 bits per heavy atom. The Morgan fingerprint density at radius 2 is 1.53 bits per heavy atom. The van der Waals surface area contributed by atoms with Crippen LogP contribution in [-0.2, 0) is 6.18 Å². The Labute approximate surface area is 187 Å². The maximum Gasteiger partial charge on any atom is 0.416 e. The van der Waals surface area contributed by atoms with E-state index in [-0.39, 0.29) is 5.78 Å². The van der Waals surface area contributed by atoms with E-state index in [1.807, 2.05) is 0 Å². The van der Waals surface area contributed by atoms with Crippen molar-refractivity contribution in [1.82, 2.24) is 0 Å². The average molecular weight is 460 g/mol. The van der Waals surface area contributed by atoms with E-state index in [1.165, 1.54) is 26.4 Å². The van der Waals surface area contributed by atoms with Crippen LogP contribution in [0.2, 0.25) is 5.02 Å². The molecule has 1 atom stereocenters. The number of methoxy groups -OCH3 is 2. The lowest BCUT2D eigenvalue weighted by Crippen LogP contribution is -2.14. The van der Waals surface area contributed by atoms with Crippen LogP contribution in [0.3, 0.4) is 0 Å². The Kier molecular flexibility index (Phi) is 5.69. The lowest BCUT2D eigenvalue weighted by Gasteiger charge is -2.14. The number of hydrogen-bond acceptors (Lipinski definition) is 4. The van der Waals surface area contributed by atoms with Gasteiger partial charge in [-0.25, -0.2) is 4.99 Å². The largest absolute Gasteiger partial charge is 0.495 e. The molecular weight excluding hydrogens is 443 g/mol. The first-order valence-electron chi connectivity index (χ1n) is 9.55. The highest BCUT2D eigenvalue weighted by atomic mass is 35.5. The molecule has 1 aliphatic rings. The van der Waals surface area contributed by atoms with E-state index < -0.39 is 17.7 Å². The minimum absolute atomic E-state index is 0.238. The highest BCUT2D eigenvalue weighted by molar-refractivity contribution is 6.33. The number of ketones is 1. The minimum atomic E-state index is -4.47. The average Bonchev–Trinajstić information content (AvgIpc) is 3.05. The first-order valence-corrected chi connectivity index (χ1v) is 9.93. The summed E-state index contributed by atoms with van der Waals surface area (Å²) in [5.41, 5.74) is 1.47. The predicted octanol–water partition coefficient (Wildman–Crippen LogP) is 6.48. The quantitative estimate of drug-likeness (QED) is 0.449. The third-order valence-corrected chi connectivity index (χ3v) is 5.57. The van der Waals surface area contributed by atoms with E-state index in [1.54, 1.807) is 36.4 Å². The Bertz CT molecular complexity index is 1220. The molecule has 0 saturated heterocycles. The molecule has 0 radical (unpaired) electrons. The second kappa shape index (κ2) is 8.31. The molecule has 0 fully saturated rings. The van der Waals surface area contributed by atoms with Crippen molar-refractivity contribution < 1.29 is 27.4 Å². The van der Waals surface area contributed by atoms with Gasteiger partial charge in [-0.1, -0.05) is 48.0 Å². The van der Waals surface area contributed by atoms with E-state index in [4.69, 9.17) is 26.1 Å². The zero-order valence-corrected chi connectivity index (χ0v) is 17.8. The number of carbonyl (C=O) groups is 1. The van der Waals surface area contributed by atoms with E-state index in [0.717, 1.165) is 12.1 Å². The maximum atomic E-state index is 13.2. The summed E-state index contributed by atoms with van der Waals surface area (Å²) in [6.07, 6.45) is -4.47. The van der Waals surface area contributed by atoms with Gasteiger partial charge in [0.15, 0.2) is 5.78 Å². The summed E-state index contributed by atoms with van der Waals surface area (Å²) in [6, 6.07) is 14.6. The highest BCUT2D eigenvalue weighted by Gasteiger charge is 2.38. The molecule has 3 aromatic rings. The number of alkyl halides is 3. The van der Waals surface area contributed by atoms with E-state index >= 15 is 0 Å². The van der Waals surface area contributed by atoms with Crippen LogP contribution in [0.4, 0.5) is 18.9 Å². The number of hydrogen-bond donors (Lipinski definition) is 0. The molecule has 4 rings (SSSR count). The molecule has 164 valence electrons. The summed E-state index contributed by atoms with van der Waals surface area (Å²) in [4.78, 5) is 17.9. The third-order valence-electron chi connectivity index (χ3n) is 5.27. The Morgan fingerprint density at radius 3 is 2.12 bits per heavy atom. The van der Waals surface area contributed by atoms with Gasteiger partial charge in [-0.15, -0.1) is 0 Å². The first-order chi connectivity index (χ1) is 15.2. The second-order valence-corrected chi connectivity index (χ2v) is 7.53. The van der Waals surface area contributed by atoms with E-state index in [2.05, 4.69) is 0 Å². The summed E-state index contributed by atoms with van der Waals surface area (Å²) in [5.74, 6) is -0.325. The van der Waals surface area contributed by atoms with Crippen molar-refractivity contribution in [2.45, 2.75) is 12.1 Å². The summed E-state index contributed by atoms with van der Waals surface area (Å²) in [5, 5.41) is 0.302. The third kappa shape index (κ3) is 3.84. The zero-order valence-electron chi connectivity index (χ0n) is 17.0. The molecule has 4 nitrogen and oxygen atoms in total. The summed E-state index contributed by atoms with van der Waals surface area (Å²) < 4.78 is 49.6. The fourth-order valence-electron chi connectivity index (χ4n) is 3.72. The van der Waals surface area contributed by atoms with Crippen molar-refractivity contribution in [3.63, 3.8) is 0 Å². The van der Waals surface area contributed by atoms with Crippen LogP contribution < -0.4 is 9.47 Å². The van der Waals surface area contributed by atoms with Crippen LogP contribution in [0, 0.1) is 0 Å². The second-order valence-electron chi connectivity index (χ2n) is 7.12. The molecule has 1 aliphatic carbocycles. The number of carbonyl (C=O) groups excluding carboxylic acids is 1. The normalized spacial score (nSPS) is 16.9. The van der Waals surface area contributed by atoms with Crippen molar-refractivity contribution in [1.29, 1.82) is 0 Å². The van der Waals surface area contributed by atoms with E-state index in [0.29, 0.717) is 44.6 Å². The standard InChI is InChI=1S/C24H17ClF3NO3/c1-31-19-12-20(32-2)18(11-17(19)25)29-22-15-5-3-4-6-16(15)23(30)21(22)13-7-9-14(10-8-13)24(26,27)28/h3-12,21H,1-2H3. The van der Waals surface area contributed by atoms with Crippen molar-refractivity contribution in [2.24, 2.45) is 4.99 Å². The Balaban J connectivity index is 1.88. The topological polar surface area (TPSA) is 47.9 Å². The van der Waals surface area contributed by atoms with Crippen molar-refractivity contribution in [3.8, 4) is 11.5 Å². The summed E-state index contributed by atoms with van der Waals surface area (Å²) in [7, 11) is 2.94. The molecule has 8 heteroatoms. The number of aliphatic imine (C=N–C) groups is 1. The molecular formula is C24H17ClF3NO3. The zero-order chi connectivity index (χ0) is 23.0. The first kappa shape index (κ1) is 21.9. The lowest BCUT2D eigenvalue weighted by molar-refractivity contribution is -0.137. The number of fused-ring (bicyclic) bond motifs is 1. The fraction of sp³-hybridized carbons (Fsp3) is 0.167. The van der Waals surface area contributed by atoms with Gasteiger partial charge in [0.2, 0.25) is 0 Å². The van der Waals surface area contributed by atoms with Crippen molar-refractivity contribution >= 4 is 28.8 Å². The number of benzene rings is 3. The van der Waals surface area contributed by atoms with Crippen molar-refractivity contribution in [2.75, 3.05) is 14.2 Å². The van der Waals surface area contributed by atoms with Gasteiger partial charge >= 0.3 is 6.18 Å². The van der Waals surface area contributed by atoms with Gasteiger partial charge in [0.25, 0.3) is 0 Å². The minimum Gasteiger partial charge on any atom is -0.495 e. The smallest absolute Gasteiger partial charge is 0.416 e. The predicted molar refractivity (Wildman–Crippen MR) is 116 cm³/mol. The van der Waals surface area contributed by atoms with Crippen molar-refractivity contribution in [3.05, 3.63) is 87.9 Å². The number of Topliss-reactive ketones (excluding diaryl/α,β-unsaturated/α-hetero) is 1. The van der Waals surface area contributed by atoms with Gasteiger partial charge in [0, 0.05) is 17.2 Å². The number of rotatable bonds is 4. The molecule has 32 heavy (non-hydrogen) atoms. The molecule has 0 aliphatic heterocycles. The van der Waals surface area contributed by atoms with Gasteiger partial charge in [-0.2, -0.15) is 13.2 Å². The molecule has 0 N–H and O–H groups in total. The van der Waals surface area contributed by atoms with Gasteiger partial charge in [0.05, 0.1) is 36.4 Å². The highest BCUT2D eigenvalue weighted by Crippen LogP contribution is 2.42. The molecule has 0 heterocycles. The number of halogens is 4. The molecule has 0 amide bonds. The van der Waals surface area contributed by atoms with Crippen LogP contribution in [0.15, 0.2) is 65.7 Å². The van der Waals surface area contributed by atoms with Crippen LogP contribution in [-0.4, -0.2) is 25.7 Å². The summed E-state index contributed by atoms with van der Waals surface area (Å²) >= 11 is 6.26. The lowest BCUT2D eigenvalue weighted by atomic mass is 9.92. The van der Waals surface area contributed by atoms with Gasteiger partial charge in [-0.05, 0) is 23.8 Å². The van der Waals surface area contributed by atoms with E-state index in [9.17, 15) is 18.0 Å². The SMILES string of the molecule is COc1cc(OC)c(N=C2c3ccccc3C(=O)C2c2ccc(C(F)(F)F)cc2)cc1Cl. The summed E-state index contributed by atoms with van der Waals surface area (Å²) in [6.45, 7) is 0. The monoisotopic (exact) mass is 459 g/mol. The molecule has 3 aromatic carbocycles. The molecule has 1 unspecified atom stereocenters. The van der Waals surface area contributed by atoms with Crippen LogP contribution >= 0.6 is 11.6 Å². The molecule has 0 bridgehead atoms.